The summed E-state index contributed by atoms with van der Waals surface area (Å²) in [5.74, 6) is 0.0377. The number of carbonyl (C=O) groups is 1. The van der Waals surface area contributed by atoms with Crippen LogP contribution < -0.4 is 11.1 Å². The molecular weight excluding hydrogens is 238 g/mol. The normalized spacial score (nSPS) is 10.1. The minimum absolute atomic E-state index is 0.0304. The lowest BCUT2D eigenvalue weighted by Crippen LogP contribution is -2.18. The Balaban J connectivity index is 2.19. The number of carbonyl (C=O) groups excluding carboxylic acids is 1. The molecule has 0 aliphatic carbocycles. The fourth-order valence-corrected chi connectivity index (χ4v) is 1.17. The average molecular weight is 249 g/mol. The van der Waals surface area contributed by atoms with Gasteiger partial charge in [-0.25, -0.2) is 4.68 Å². The van der Waals surface area contributed by atoms with Crippen LogP contribution in [0.1, 0.15) is 0 Å². The fraction of sp³-hybridized carbons (Fsp3) is 0.222. The number of aromatic nitrogens is 5. The van der Waals surface area contributed by atoms with Gasteiger partial charge in [-0.3, -0.25) is 4.79 Å². The first-order chi connectivity index (χ1) is 8.69. The van der Waals surface area contributed by atoms with E-state index >= 15 is 0 Å². The number of nitrogen functional groups attached to an aromatic ring is 1. The second kappa shape index (κ2) is 5.08. The predicted octanol–water partition coefficient (Wildman–Crippen LogP) is -0.776. The van der Waals surface area contributed by atoms with Crippen LogP contribution in [0.15, 0.2) is 18.5 Å². The van der Waals surface area contributed by atoms with Crippen molar-refractivity contribution in [3.8, 4) is 5.95 Å². The van der Waals surface area contributed by atoms with Crippen molar-refractivity contribution in [2.75, 3.05) is 24.7 Å². The Morgan fingerprint density at radius 3 is 3.00 bits per heavy atom. The molecule has 0 unspecified atom stereocenters. The average Bonchev–Trinajstić information content (AvgIpc) is 2.89. The highest BCUT2D eigenvalue weighted by atomic mass is 16.5. The van der Waals surface area contributed by atoms with Crippen molar-refractivity contribution in [1.82, 2.24) is 24.7 Å². The second-order valence-electron chi connectivity index (χ2n) is 3.20. The Kier molecular flexibility index (Phi) is 3.32. The summed E-state index contributed by atoms with van der Waals surface area (Å²) < 4.78 is 5.92. The topological polar surface area (TPSA) is 121 Å². The van der Waals surface area contributed by atoms with E-state index in [1.807, 2.05) is 0 Å². The van der Waals surface area contributed by atoms with Crippen LogP contribution in [-0.2, 0) is 9.53 Å². The molecule has 0 aromatic carbocycles. The number of nitrogens with zero attached hydrogens (tertiary/aromatic N) is 5. The molecule has 0 saturated carbocycles. The molecule has 9 nitrogen and oxygen atoms in total. The number of hydrogen-bond donors (Lipinski definition) is 2. The number of esters is 1. The van der Waals surface area contributed by atoms with E-state index in [9.17, 15) is 4.79 Å². The first-order valence-corrected chi connectivity index (χ1v) is 5.01. The number of methoxy groups -OCH3 is 1. The molecule has 2 aromatic rings. The van der Waals surface area contributed by atoms with Crippen LogP contribution in [0, 0.1) is 0 Å². The maximum atomic E-state index is 11.0. The predicted molar refractivity (Wildman–Crippen MR) is 61.9 cm³/mol. The number of hydrogen-bond acceptors (Lipinski definition) is 8. The van der Waals surface area contributed by atoms with Crippen LogP contribution >= 0.6 is 0 Å². The fourth-order valence-electron chi connectivity index (χ4n) is 1.17. The third kappa shape index (κ3) is 2.70. The molecule has 0 aliphatic rings. The third-order valence-corrected chi connectivity index (χ3v) is 1.97. The minimum Gasteiger partial charge on any atom is -0.468 e. The Morgan fingerprint density at radius 2 is 2.33 bits per heavy atom. The Bertz CT molecular complexity index is 540. The summed E-state index contributed by atoms with van der Waals surface area (Å²) in [4.78, 5) is 22.8. The van der Waals surface area contributed by atoms with Gasteiger partial charge in [-0.15, -0.1) is 0 Å². The van der Waals surface area contributed by atoms with Gasteiger partial charge in [-0.2, -0.15) is 20.1 Å². The van der Waals surface area contributed by atoms with Gasteiger partial charge in [0, 0.05) is 12.4 Å². The lowest BCUT2D eigenvalue weighted by atomic mass is 10.6. The summed E-state index contributed by atoms with van der Waals surface area (Å²) >= 11 is 0. The largest absolute Gasteiger partial charge is 0.468 e. The van der Waals surface area contributed by atoms with Gasteiger partial charge >= 0.3 is 5.97 Å². The van der Waals surface area contributed by atoms with E-state index in [2.05, 4.69) is 30.1 Å². The molecule has 0 bridgehead atoms. The molecule has 0 fully saturated rings. The number of ether oxygens (including phenoxy) is 1. The van der Waals surface area contributed by atoms with Crippen molar-refractivity contribution in [2.45, 2.75) is 0 Å². The van der Waals surface area contributed by atoms with E-state index in [0.29, 0.717) is 0 Å². The molecule has 3 N–H and O–H groups in total. The van der Waals surface area contributed by atoms with Gasteiger partial charge in [0.2, 0.25) is 11.9 Å². The summed E-state index contributed by atoms with van der Waals surface area (Å²) in [5, 5.41) is 6.65. The molecule has 0 atom stereocenters. The third-order valence-electron chi connectivity index (χ3n) is 1.97. The Morgan fingerprint density at radius 1 is 1.50 bits per heavy atom. The lowest BCUT2D eigenvalue weighted by molar-refractivity contribution is -0.138. The zero-order valence-electron chi connectivity index (χ0n) is 9.57. The molecule has 94 valence electrons. The van der Waals surface area contributed by atoms with E-state index in [1.54, 1.807) is 18.5 Å². The van der Waals surface area contributed by atoms with Crippen molar-refractivity contribution >= 4 is 17.9 Å². The molecule has 0 saturated heterocycles. The van der Waals surface area contributed by atoms with E-state index in [1.165, 1.54) is 11.8 Å². The zero-order chi connectivity index (χ0) is 13.0. The molecule has 2 aromatic heterocycles. The van der Waals surface area contributed by atoms with Crippen molar-refractivity contribution in [2.24, 2.45) is 0 Å². The quantitative estimate of drug-likeness (QED) is 0.677. The highest BCUT2D eigenvalue weighted by Gasteiger charge is 2.07. The van der Waals surface area contributed by atoms with Crippen LogP contribution in [0.2, 0.25) is 0 Å². The van der Waals surface area contributed by atoms with Crippen LogP contribution in [0.25, 0.3) is 5.95 Å². The van der Waals surface area contributed by atoms with Gasteiger partial charge in [-0.1, -0.05) is 0 Å². The number of nitrogens with one attached hydrogen (secondary N) is 1. The van der Waals surface area contributed by atoms with Crippen LogP contribution in [0.3, 0.4) is 0 Å². The second-order valence-corrected chi connectivity index (χ2v) is 3.20. The molecular formula is C9H11N7O2. The maximum Gasteiger partial charge on any atom is 0.325 e. The van der Waals surface area contributed by atoms with Gasteiger partial charge in [0.15, 0.2) is 0 Å². The molecule has 0 radical (unpaired) electrons. The minimum atomic E-state index is -0.436. The van der Waals surface area contributed by atoms with Crippen LogP contribution in [0.5, 0.6) is 0 Å². The molecule has 18 heavy (non-hydrogen) atoms. The molecule has 2 rings (SSSR count). The number of anilines is 2. The SMILES string of the molecule is COC(=O)CNc1nc(N)nc(-n2cccn2)n1. The van der Waals surface area contributed by atoms with Gasteiger partial charge in [-0.05, 0) is 6.07 Å². The van der Waals surface area contributed by atoms with E-state index in [-0.39, 0.29) is 24.4 Å². The van der Waals surface area contributed by atoms with Gasteiger partial charge < -0.3 is 15.8 Å². The van der Waals surface area contributed by atoms with Gasteiger partial charge in [0.05, 0.1) is 7.11 Å². The standard InChI is InChI=1S/C9H11N7O2/c1-18-6(17)5-11-8-13-7(10)14-9(15-8)16-4-2-3-12-16/h2-4H,5H2,1H3,(H3,10,11,13,14,15). The molecule has 2 heterocycles. The summed E-state index contributed by atoms with van der Waals surface area (Å²) in [6.07, 6.45) is 3.25. The zero-order valence-corrected chi connectivity index (χ0v) is 9.57. The maximum absolute atomic E-state index is 11.0. The smallest absolute Gasteiger partial charge is 0.325 e. The van der Waals surface area contributed by atoms with Crippen molar-refractivity contribution < 1.29 is 9.53 Å². The summed E-state index contributed by atoms with van der Waals surface area (Å²) in [7, 11) is 1.29. The Labute approximate surface area is 102 Å². The lowest BCUT2D eigenvalue weighted by Gasteiger charge is -2.05. The Hall–Kier alpha value is -2.71. The highest BCUT2D eigenvalue weighted by Crippen LogP contribution is 2.05. The van der Waals surface area contributed by atoms with Crippen molar-refractivity contribution in [3.05, 3.63) is 18.5 Å². The number of nitrogens with two attached hydrogens (primary N) is 1. The molecule has 0 aliphatic heterocycles. The number of rotatable bonds is 4. The van der Waals surface area contributed by atoms with E-state index in [0.717, 1.165) is 0 Å². The van der Waals surface area contributed by atoms with E-state index in [4.69, 9.17) is 5.73 Å². The van der Waals surface area contributed by atoms with Crippen molar-refractivity contribution in [3.63, 3.8) is 0 Å². The molecule has 0 spiro atoms. The first kappa shape index (κ1) is 11.8. The van der Waals surface area contributed by atoms with Crippen LogP contribution in [0.4, 0.5) is 11.9 Å². The summed E-state index contributed by atoms with van der Waals surface area (Å²) in [5.41, 5.74) is 5.54. The van der Waals surface area contributed by atoms with Crippen molar-refractivity contribution in [1.29, 1.82) is 0 Å². The van der Waals surface area contributed by atoms with E-state index < -0.39 is 5.97 Å². The molecule has 9 heteroatoms. The first-order valence-electron chi connectivity index (χ1n) is 5.01. The summed E-state index contributed by atoms with van der Waals surface area (Å²) in [6.45, 7) is -0.0570. The highest BCUT2D eigenvalue weighted by molar-refractivity contribution is 5.74. The monoisotopic (exact) mass is 249 g/mol. The van der Waals surface area contributed by atoms with Crippen LogP contribution in [-0.4, -0.2) is 44.4 Å². The molecule has 0 amide bonds. The summed E-state index contributed by atoms with van der Waals surface area (Å²) in [6, 6.07) is 1.72. The van der Waals surface area contributed by atoms with Gasteiger partial charge in [0.25, 0.3) is 5.95 Å². The van der Waals surface area contributed by atoms with Gasteiger partial charge in [0.1, 0.15) is 6.54 Å².